The fraction of sp³-hybridized carbons (Fsp3) is 0.462. The molecule has 1 heterocycles. The van der Waals surface area contributed by atoms with Gasteiger partial charge in [-0.1, -0.05) is 25.1 Å². The molecule has 0 fully saturated rings. The predicted molar refractivity (Wildman–Crippen MR) is 65.4 cm³/mol. The second-order valence-corrected chi connectivity index (χ2v) is 4.21. The predicted octanol–water partition coefficient (Wildman–Crippen LogP) is 1.70. The zero-order valence-corrected chi connectivity index (χ0v) is 9.65. The van der Waals surface area contributed by atoms with Crippen LogP contribution in [0.3, 0.4) is 0 Å². The van der Waals surface area contributed by atoms with Crippen molar-refractivity contribution in [1.29, 1.82) is 0 Å². The Kier molecular flexibility index (Phi) is 3.25. The van der Waals surface area contributed by atoms with Gasteiger partial charge in [0, 0.05) is 11.7 Å². The van der Waals surface area contributed by atoms with Crippen LogP contribution < -0.4 is 10.6 Å². The molecule has 2 N–H and O–H groups in total. The van der Waals surface area contributed by atoms with Crippen LogP contribution in [0.25, 0.3) is 0 Å². The molecule has 1 aromatic rings. The molecule has 3 heteroatoms. The van der Waals surface area contributed by atoms with Crippen LogP contribution in [0.15, 0.2) is 24.3 Å². The van der Waals surface area contributed by atoms with E-state index in [1.807, 2.05) is 29.2 Å². The molecule has 0 saturated heterocycles. The van der Waals surface area contributed by atoms with Crippen molar-refractivity contribution in [2.24, 2.45) is 5.73 Å². The van der Waals surface area contributed by atoms with Gasteiger partial charge in [-0.2, -0.15) is 0 Å². The molecule has 1 amide bonds. The highest BCUT2D eigenvalue weighted by atomic mass is 16.2. The van der Waals surface area contributed by atoms with Gasteiger partial charge in [-0.25, -0.2) is 0 Å². The van der Waals surface area contributed by atoms with Gasteiger partial charge >= 0.3 is 0 Å². The number of hydrogen-bond donors (Lipinski definition) is 1. The van der Waals surface area contributed by atoms with Gasteiger partial charge in [0.1, 0.15) is 0 Å². The van der Waals surface area contributed by atoms with Crippen LogP contribution in [0.5, 0.6) is 0 Å². The van der Waals surface area contributed by atoms with Gasteiger partial charge in [-0.3, -0.25) is 4.79 Å². The van der Waals surface area contributed by atoms with Crippen molar-refractivity contribution in [3.05, 3.63) is 29.8 Å². The number of hydrogen-bond acceptors (Lipinski definition) is 2. The maximum Gasteiger partial charge on any atom is 0.231 e. The van der Waals surface area contributed by atoms with E-state index in [1.165, 1.54) is 0 Å². The van der Waals surface area contributed by atoms with E-state index >= 15 is 0 Å². The number of anilines is 1. The Labute approximate surface area is 96.2 Å². The average Bonchev–Trinajstić information content (AvgIpc) is 2.62. The van der Waals surface area contributed by atoms with E-state index in [0.717, 1.165) is 24.1 Å². The van der Waals surface area contributed by atoms with Gasteiger partial charge in [0.15, 0.2) is 0 Å². The first-order chi connectivity index (χ1) is 7.77. The van der Waals surface area contributed by atoms with Crippen LogP contribution in [0.2, 0.25) is 0 Å². The van der Waals surface area contributed by atoms with Crippen molar-refractivity contribution in [2.75, 3.05) is 11.4 Å². The highest BCUT2D eigenvalue weighted by Crippen LogP contribution is 2.31. The summed E-state index contributed by atoms with van der Waals surface area (Å²) in [6.07, 6.45) is 2.37. The number of fused-ring (bicyclic) bond motifs is 1. The summed E-state index contributed by atoms with van der Waals surface area (Å²) in [4.78, 5) is 13.9. The number of amides is 1. The van der Waals surface area contributed by atoms with Crippen molar-refractivity contribution in [3.63, 3.8) is 0 Å². The summed E-state index contributed by atoms with van der Waals surface area (Å²) in [5.41, 5.74) is 7.82. The van der Waals surface area contributed by atoms with E-state index in [4.69, 9.17) is 5.73 Å². The van der Waals surface area contributed by atoms with E-state index in [0.29, 0.717) is 13.0 Å². The lowest BCUT2D eigenvalue weighted by Crippen LogP contribution is -2.38. The lowest BCUT2D eigenvalue weighted by Gasteiger charge is -2.27. The van der Waals surface area contributed by atoms with Crippen molar-refractivity contribution < 1.29 is 4.79 Å². The summed E-state index contributed by atoms with van der Waals surface area (Å²) in [7, 11) is 0. The highest BCUT2D eigenvalue weighted by molar-refractivity contribution is 6.01. The number of benzene rings is 1. The molecule has 1 aliphatic heterocycles. The standard InChI is InChI=1S/C13H18N2O/c1-2-11(7-8-14)15-12-6-4-3-5-10(12)9-13(15)16/h3-6,11H,2,7-9,14H2,1H3. The molecule has 0 bridgehead atoms. The fourth-order valence-corrected chi connectivity index (χ4v) is 2.39. The molecule has 1 atom stereocenters. The summed E-state index contributed by atoms with van der Waals surface area (Å²) < 4.78 is 0. The molecule has 16 heavy (non-hydrogen) atoms. The van der Waals surface area contributed by atoms with Crippen LogP contribution in [0.4, 0.5) is 5.69 Å². The number of carbonyl (C=O) groups is 1. The normalized spacial score (nSPS) is 16.4. The quantitative estimate of drug-likeness (QED) is 0.836. The number of nitrogens with two attached hydrogens (primary N) is 1. The van der Waals surface area contributed by atoms with Crippen molar-refractivity contribution in [2.45, 2.75) is 32.2 Å². The zero-order valence-electron chi connectivity index (χ0n) is 9.65. The monoisotopic (exact) mass is 218 g/mol. The third-order valence-corrected chi connectivity index (χ3v) is 3.20. The molecule has 1 aliphatic rings. The smallest absolute Gasteiger partial charge is 0.231 e. The molecule has 0 saturated carbocycles. The Morgan fingerprint density at radius 1 is 1.44 bits per heavy atom. The fourth-order valence-electron chi connectivity index (χ4n) is 2.39. The van der Waals surface area contributed by atoms with Crippen LogP contribution in [-0.4, -0.2) is 18.5 Å². The number of para-hydroxylation sites is 1. The van der Waals surface area contributed by atoms with Gasteiger partial charge in [0.05, 0.1) is 6.42 Å². The summed E-state index contributed by atoms with van der Waals surface area (Å²) in [6, 6.07) is 8.28. The van der Waals surface area contributed by atoms with Gasteiger partial charge in [0.25, 0.3) is 0 Å². The molecule has 0 radical (unpaired) electrons. The first-order valence-electron chi connectivity index (χ1n) is 5.88. The molecule has 3 nitrogen and oxygen atoms in total. The third-order valence-electron chi connectivity index (χ3n) is 3.20. The van der Waals surface area contributed by atoms with Gasteiger partial charge < -0.3 is 10.6 Å². The van der Waals surface area contributed by atoms with E-state index in [-0.39, 0.29) is 11.9 Å². The van der Waals surface area contributed by atoms with E-state index in [2.05, 4.69) is 6.92 Å². The Morgan fingerprint density at radius 2 is 2.19 bits per heavy atom. The lowest BCUT2D eigenvalue weighted by molar-refractivity contribution is -0.117. The van der Waals surface area contributed by atoms with Crippen molar-refractivity contribution >= 4 is 11.6 Å². The minimum atomic E-state index is 0.210. The Morgan fingerprint density at radius 3 is 2.88 bits per heavy atom. The Hall–Kier alpha value is -1.35. The molecule has 2 rings (SSSR count). The van der Waals surface area contributed by atoms with Crippen LogP contribution >= 0.6 is 0 Å². The third kappa shape index (κ3) is 1.83. The van der Waals surface area contributed by atoms with E-state index < -0.39 is 0 Å². The van der Waals surface area contributed by atoms with Gasteiger partial charge in [-0.15, -0.1) is 0 Å². The van der Waals surface area contributed by atoms with Gasteiger partial charge in [-0.05, 0) is 31.0 Å². The van der Waals surface area contributed by atoms with Gasteiger partial charge in [0.2, 0.25) is 5.91 Å². The summed E-state index contributed by atoms with van der Waals surface area (Å²) in [6.45, 7) is 2.74. The number of rotatable bonds is 4. The lowest BCUT2D eigenvalue weighted by atomic mass is 10.1. The largest absolute Gasteiger partial charge is 0.330 e. The van der Waals surface area contributed by atoms with E-state index in [9.17, 15) is 4.79 Å². The average molecular weight is 218 g/mol. The Bertz CT molecular complexity index is 389. The minimum Gasteiger partial charge on any atom is -0.330 e. The highest BCUT2D eigenvalue weighted by Gasteiger charge is 2.31. The summed E-state index contributed by atoms with van der Waals surface area (Å²) in [5, 5.41) is 0. The molecule has 0 aliphatic carbocycles. The van der Waals surface area contributed by atoms with Crippen molar-refractivity contribution in [3.8, 4) is 0 Å². The Balaban J connectivity index is 2.30. The summed E-state index contributed by atoms with van der Waals surface area (Å²) in [5.74, 6) is 0.210. The number of nitrogens with zero attached hydrogens (tertiary/aromatic N) is 1. The summed E-state index contributed by atoms with van der Waals surface area (Å²) >= 11 is 0. The molecule has 0 spiro atoms. The molecule has 86 valence electrons. The molecular formula is C13H18N2O. The van der Waals surface area contributed by atoms with Crippen LogP contribution in [0.1, 0.15) is 25.3 Å². The topological polar surface area (TPSA) is 46.3 Å². The minimum absolute atomic E-state index is 0.210. The SMILES string of the molecule is CCC(CCN)N1C(=O)Cc2ccccc21. The second-order valence-electron chi connectivity index (χ2n) is 4.21. The molecule has 1 unspecified atom stereocenters. The number of carbonyl (C=O) groups excluding carboxylic acids is 1. The van der Waals surface area contributed by atoms with Crippen LogP contribution in [0, 0.1) is 0 Å². The molecule has 1 aromatic carbocycles. The van der Waals surface area contributed by atoms with Crippen molar-refractivity contribution in [1.82, 2.24) is 0 Å². The second kappa shape index (κ2) is 4.66. The van der Waals surface area contributed by atoms with Crippen LogP contribution in [-0.2, 0) is 11.2 Å². The maximum atomic E-state index is 12.0. The molecular weight excluding hydrogens is 200 g/mol. The first-order valence-corrected chi connectivity index (χ1v) is 5.88. The molecule has 0 aromatic heterocycles. The van der Waals surface area contributed by atoms with E-state index in [1.54, 1.807) is 0 Å². The zero-order chi connectivity index (χ0) is 11.5. The maximum absolute atomic E-state index is 12.0. The first kappa shape index (κ1) is 11.1.